The minimum absolute atomic E-state index is 0.221. The number of nitrogen functional groups attached to an aromatic ring is 1. The Hall–Kier alpha value is -1.53. The van der Waals surface area contributed by atoms with Gasteiger partial charge in [-0.2, -0.15) is 0 Å². The van der Waals surface area contributed by atoms with Crippen molar-refractivity contribution < 1.29 is 8.42 Å². The lowest BCUT2D eigenvalue weighted by Crippen LogP contribution is -2.15. The zero-order chi connectivity index (χ0) is 15.6. The molecule has 112 valence electrons. The average molecular weight is 369 g/mol. The van der Waals surface area contributed by atoms with Crippen LogP contribution in [0.4, 0.5) is 11.4 Å². The van der Waals surface area contributed by atoms with Gasteiger partial charge in [-0.15, -0.1) is 0 Å². The lowest BCUT2D eigenvalue weighted by Gasteiger charge is -2.13. The molecule has 2 rings (SSSR count). The summed E-state index contributed by atoms with van der Waals surface area (Å²) >= 11 is 3.35. The maximum Gasteiger partial charge on any atom is 0.262 e. The Morgan fingerprint density at radius 1 is 1.19 bits per heavy atom. The van der Waals surface area contributed by atoms with Crippen LogP contribution in [0.5, 0.6) is 0 Å². The van der Waals surface area contributed by atoms with E-state index in [4.69, 9.17) is 5.73 Å². The van der Waals surface area contributed by atoms with Crippen molar-refractivity contribution in [2.45, 2.75) is 25.2 Å². The molecule has 0 radical (unpaired) electrons. The summed E-state index contributed by atoms with van der Waals surface area (Å²) in [6.45, 7) is 3.81. The normalized spacial score (nSPS) is 11.4. The van der Waals surface area contributed by atoms with E-state index in [-0.39, 0.29) is 4.90 Å². The van der Waals surface area contributed by atoms with Gasteiger partial charge < -0.3 is 5.73 Å². The number of sulfonamides is 1. The summed E-state index contributed by atoms with van der Waals surface area (Å²) in [4.78, 5) is 0.221. The van der Waals surface area contributed by atoms with Gasteiger partial charge in [0.15, 0.2) is 0 Å². The quantitative estimate of drug-likeness (QED) is 0.808. The molecule has 0 fully saturated rings. The number of hydrogen-bond donors (Lipinski definition) is 2. The van der Waals surface area contributed by atoms with E-state index < -0.39 is 10.0 Å². The number of halogens is 1. The van der Waals surface area contributed by atoms with Gasteiger partial charge in [0.25, 0.3) is 10.0 Å². The van der Waals surface area contributed by atoms with E-state index in [0.29, 0.717) is 22.3 Å². The topological polar surface area (TPSA) is 72.2 Å². The molecule has 2 aromatic carbocycles. The van der Waals surface area contributed by atoms with Gasteiger partial charge in [-0.05, 0) is 64.7 Å². The smallest absolute Gasteiger partial charge is 0.262 e. The summed E-state index contributed by atoms with van der Waals surface area (Å²) in [6.07, 6.45) is 0.617. The minimum atomic E-state index is -3.68. The Morgan fingerprint density at radius 2 is 1.90 bits per heavy atom. The predicted molar refractivity (Wildman–Crippen MR) is 89.9 cm³/mol. The molecule has 0 aromatic heterocycles. The van der Waals surface area contributed by atoms with E-state index in [0.717, 1.165) is 11.1 Å². The van der Waals surface area contributed by atoms with Gasteiger partial charge in [0.05, 0.1) is 10.6 Å². The molecule has 0 unspecified atom stereocenters. The fourth-order valence-electron chi connectivity index (χ4n) is 2.03. The van der Waals surface area contributed by atoms with Gasteiger partial charge in [-0.25, -0.2) is 8.42 Å². The zero-order valence-corrected chi connectivity index (χ0v) is 14.3. The monoisotopic (exact) mass is 368 g/mol. The molecule has 4 nitrogen and oxygen atoms in total. The molecular weight excluding hydrogens is 352 g/mol. The van der Waals surface area contributed by atoms with Crippen LogP contribution in [0, 0.1) is 6.92 Å². The minimum Gasteiger partial charge on any atom is -0.399 e. The van der Waals surface area contributed by atoms with Crippen LogP contribution in [-0.2, 0) is 16.4 Å². The van der Waals surface area contributed by atoms with Crippen molar-refractivity contribution in [2.75, 3.05) is 10.5 Å². The first-order chi connectivity index (χ1) is 9.83. The predicted octanol–water partition coefficient (Wildman–Crippen LogP) is 3.70. The summed E-state index contributed by atoms with van der Waals surface area (Å²) in [7, 11) is -3.68. The van der Waals surface area contributed by atoms with Crippen molar-refractivity contribution in [1.82, 2.24) is 0 Å². The molecule has 0 heterocycles. The van der Waals surface area contributed by atoms with Crippen LogP contribution in [-0.4, -0.2) is 8.42 Å². The third-order valence-electron chi connectivity index (χ3n) is 3.13. The molecule has 0 saturated carbocycles. The molecule has 0 aliphatic rings. The number of hydrogen-bond acceptors (Lipinski definition) is 3. The summed E-state index contributed by atoms with van der Waals surface area (Å²) in [5.74, 6) is 0. The SMILES string of the molecule is CCc1ccc(N)cc1S(=O)(=O)Nc1cc(C)ccc1Br. The number of rotatable bonds is 4. The fourth-order valence-corrected chi connectivity index (χ4v) is 3.92. The van der Waals surface area contributed by atoms with Gasteiger partial charge in [-0.1, -0.05) is 19.1 Å². The molecule has 0 spiro atoms. The van der Waals surface area contributed by atoms with E-state index in [9.17, 15) is 8.42 Å². The molecule has 2 aromatic rings. The van der Waals surface area contributed by atoms with Gasteiger partial charge >= 0.3 is 0 Å². The lowest BCUT2D eigenvalue weighted by atomic mass is 10.1. The Bertz CT molecular complexity index is 773. The first-order valence-electron chi connectivity index (χ1n) is 6.51. The van der Waals surface area contributed by atoms with E-state index >= 15 is 0 Å². The Balaban J connectivity index is 2.48. The second kappa shape index (κ2) is 6.07. The second-order valence-electron chi connectivity index (χ2n) is 4.81. The van der Waals surface area contributed by atoms with Crippen molar-refractivity contribution in [2.24, 2.45) is 0 Å². The van der Waals surface area contributed by atoms with Gasteiger partial charge in [0.2, 0.25) is 0 Å². The van der Waals surface area contributed by atoms with Gasteiger partial charge in [0.1, 0.15) is 0 Å². The molecule has 21 heavy (non-hydrogen) atoms. The van der Waals surface area contributed by atoms with Crippen molar-refractivity contribution in [3.05, 3.63) is 52.0 Å². The van der Waals surface area contributed by atoms with E-state index in [2.05, 4.69) is 20.7 Å². The fraction of sp³-hybridized carbons (Fsp3) is 0.200. The lowest BCUT2D eigenvalue weighted by molar-refractivity contribution is 0.600. The second-order valence-corrected chi connectivity index (χ2v) is 7.31. The number of benzene rings is 2. The van der Waals surface area contributed by atoms with Crippen molar-refractivity contribution in [3.63, 3.8) is 0 Å². The molecule has 0 aliphatic heterocycles. The summed E-state index contributed by atoms with van der Waals surface area (Å²) in [5.41, 5.74) is 8.37. The van der Waals surface area contributed by atoms with Crippen molar-refractivity contribution >= 4 is 37.3 Å². The molecule has 0 bridgehead atoms. The summed E-state index contributed by atoms with van der Waals surface area (Å²) in [5, 5.41) is 0. The first kappa shape index (κ1) is 15.9. The van der Waals surface area contributed by atoms with Gasteiger partial charge in [0, 0.05) is 10.2 Å². The zero-order valence-electron chi connectivity index (χ0n) is 11.9. The highest BCUT2D eigenvalue weighted by molar-refractivity contribution is 9.10. The molecular formula is C15H17BrN2O2S. The molecule has 0 saturated heterocycles. The number of anilines is 2. The van der Waals surface area contributed by atoms with Crippen LogP contribution in [0.15, 0.2) is 45.8 Å². The molecule has 0 amide bonds. The Labute approximate surface area is 133 Å². The summed E-state index contributed by atoms with van der Waals surface area (Å²) < 4.78 is 28.5. The third kappa shape index (κ3) is 3.57. The number of aryl methyl sites for hydroxylation is 2. The molecule has 6 heteroatoms. The highest BCUT2D eigenvalue weighted by Crippen LogP contribution is 2.28. The van der Waals surface area contributed by atoms with Crippen LogP contribution < -0.4 is 10.5 Å². The van der Waals surface area contributed by atoms with Crippen LogP contribution in [0.2, 0.25) is 0 Å². The van der Waals surface area contributed by atoms with E-state index in [1.54, 1.807) is 18.2 Å². The van der Waals surface area contributed by atoms with Crippen LogP contribution >= 0.6 is 15.9 Å². The van der Waals surface area contributed by atoms with Crippen molar-refractivity contribution in [1.29, 1.82) is 0 Å². The van der Waals surface area contributed by atoms with Crippen LogP contribution in [0.3, 0.4) is 0 Å². The summed E-state index contributed by atoms with van der Waals surface area (Å²) in [6, 6.07) is 10.4. The number of nitrogens with one attached hydrogen (secondary N) is 1. The maximum atomic E-state index is 12.6. The van der Waals surface area contributed by atoms with E-state index in [1.165, 1.54) is 6.07 Å². The Kier molecular flexibility index (Phi) is 4.58. The largest absolute Gasteiger partial charge is 0.399 e. The molecule has 3 N–H and O–H groups in total. The maximum absolute atomic E-state index is 12.6. The average Bonchev–Trinajstić information content (AvgIpc) is 2.42. The van der Waals surface area contributed by atoms with Crippen LogP contribution in [0.25, 0.3) is 0 Å². The Morgan fingerprint density at radius 3 is 2.57 bits per heavy atom. The standard InChI is InChI=1S/C15H17BrN2O2S/c1-3-11-5-6-12(17)9-15(11)21(19,20)18-14-8-10(2)4-7-13(14)16/h4-9,18H,3,17H2,1-2H3. The van der Waals surface area contributed by atoms with Crippen molar-refractivity contribution in [3.8, 4) is 0 Å². The van der Waals surface area contributed by atoms with Crippen LogP contribution in [0.1, 0.15) is 18.1 Å². The molecule has 0 aliphatic carbocycles. The van der Waals surface area contributed by atoms with E-state index in [1.807, 2.05) is 26.0 Å². The highest BCUT2D eigenvalue weighted by Gasteiger charge is 2.19. The third-order valence-corrected chi connectivity index (χ3v) is 5.27. The first-order valence-corrected chi connectivity index (χ1v) is 8.78. The number of nitrogens with two attached hydrogens (primary N) is 1. The molecule has 0 atom stereocenters. The van der Waals surface area contributed by atoms with Gasteiger partial charge in [-0.3, -0.25) is 4.72 Å². The highest BCUT2D eigenvalue weighted by atomic mass is 79.9.